The fourth-order valence-corrected chi connectivity index (χ4v) is 3.56. The van der Waals surface area contributed by atoms with Gasteiger partial charge in [-0.1, -0.05) is 30.3 Å². The van der Waals surface area contributed by atoms with E-state index in [1.54, 1.807) is 14.2 Å². The molecular weight excluding hydrogens is 505 g/mol. The van der Waals surface area contributed by atoms with Crippen molar-refractivity contribution >= 4 is 41.5 Å². The maximum atomic E-state index is 12.0. The van der Waals surface area contributed by atoms with Gasteiger partial charge in [-0.3, -0.25) is 9.79 Å². The monoisotopic (exact) mass is 537 g/mol. The van der Waals surface area contributed by atoms with Crippen LogP contribution in [0.5, 0.6) is 5.75 Å². The predicted octanol–water partition coefficient (Wildman–Crippen LogP) is 2.88. The Bertz CT molecular complexity index is 847. The lowest BCUT2D eigenvalue weighted by Gasteiger charge is -2.22. The second-order valence-corrected chi connectivity index (χ2v) is 7.22. The number of carbonyl (C=O) groups excluding carboxylic acids is 1. The van der Waals surface area contributed by atoms with Crippen LogP contribution in [-0.4, -0.2) is 58.2 Å². The van der Waals surface area contributed by atoms with Crippen LogP contribution in [0.1, 0.15) is 23.2 Å². The minimum Gasteiger partial charge on any atom is -0.495 e. The highest BCUT2D eigenvalue weighted by Gasteiger charge is 2.25. The zero-order valence-electron chi connectivity index (χ0n) is 18.1. The molecule has 0 spiro atoms. The summed E-state index contributed by atoms with van der Waals surface area (Å²) in [6.07, 6.45) is 1.85. The normalized spacial score (nSPS) is 15.7. The molecule has 0 bridgehead atoms. The van der Waals surface area contributed by atoms with Crippen LogP contribution in [0, 0.1) is 0 Å². The summed E-state index contributed by atoms with van der Waals surface area (Å²) in [6, 6.07) is 17.7. The van der Waals surface area contributed by atoms with Crippen LogP contribution in [0.3, 0.4) is 0 Å². The zero-order chi connectivity index (χ0) is 21.2. The van der Waals surface area contributed by atoms with E-state index in [0.717, 1.165) is 49.9 Å². The minimum absolute atomic E-state index is 0. The lowest BCUT2D eigenvalue weighted by molar-refractivity contribution is 0.0953. The number of nitrogens with one attached hydrogen (secondary N) is 3. The number of anilines is 1. The van der Waals surface area contributed by atoms with Crippen molar-refractivity contribution in [2.75, 3.05) is 45.2 Å². The molecule has 7 nitrogen and oxygen atoms in total. The molecule has 1 fully saturated rings. The molecule has 0 saturated carbocycles. The Hall–Kier alpha value is -2.49. The van der Waals surface area contributed by atoms with Crippen LogP contribution >= 0.6 is 24.0 Å². The summed E-state index contributed by atoms with van der Waals surface area (Å²) in [5.74, 6) is 1.65. The zero-order valence-corrected chi connectivity index (χ0v) is 20.5. The number of aliphatic imine (C=N–C) groups is 1. The van der Waals surface area contributed by atoms with Crippen LogP contribution in [0.25, 0.3) is 0 Å². The van der Waals surface area contributed by atoms with Crippen molar-refractivity contribution in [1.82, 2.24) is 16.0 Å². The molecule has 0 aromatic heterocycles. The van der Waals surface area contributed by atoms with E-state index in [-0.39, 0.29) is 29.9 Å². The van der Waals surface area contributed by atoms with E-state index >= 15 is 0 Å². The molecule has 3 N–H and O–H groups in total. The smallest absolute Gasteiger partial charge is 0.251 e. The molecule has 31 heavy (non-hydrogen) atoms. The van der Waals surface area contributed by atoms with Gasteiger partial charge >= 0.3 is 0 Å². The van der Waals surface area contributed by atoms with Crippen LogP contribution < -0.4 is 25.6 Å². The number of hydrogen-bond donors (Lipinski definition) is 3. The number of carbonyl (C=O) groups is 1. The lowest BCUT2D eigenvalue weighted by atomic mass is 10.2. The van der Waals surface area contributed by atoms with Crippen molar-refractivity contribution in [3.05, 3.63) is 60.2 Å². The second-order valence-electron chi connectivity index (χ2n) is 7.22. The van der Waals surface area contributed by atoms with Crippen molar-refractivity contribution in [2.24, 2.45) is 4.99 Å². The van der Waals surface area contributed by atoms with Gasteiger partial charge in [-0.05, 0) is 37.1 Å². The summed E-state index contributed by atoms with van der Waals surface area (Å²) in [5, 5.41) is 9.77. The van der Waals surface area contributed by atoms with Crippen molar-refractivity contribution in [2.45, 2.75) is 18.9 Å². The fraction of sp³-hybridized carbons (Fsp3) is 0.391. The number of hydrogen-bond acceptors (Lipinski definition) is 4. The summed E-state index contributed by atoms with van der Waals surface area (Å²) in [6.45, 7) is 3.22. The number of halogens is 1. The van der Waals surface area contributed by atoms with Crippen molar-refractivity contribution in [1.29, 1.82) is 0 Å². The average molecular weight is 537 g/mol. The molecule has 8 heteroatoms. The van der Waals surface area contributed by atoms with Gasteiger partial charge in [0, 0.05) is 44.8 Å². The number of ether oxygens (including phenoxy) is 1. The molecular formula is C23H32IN5O2. The largest absolute Gasteiger partial charge is 0.495 e. The first-order valence-corrected chi connectivity index (χ1v) is 10.4. The Morgan fingerprint density at radius 1 is 1.10 bits per heavy atom. The van der Waals surface area contributed by atoms with E-state index in [4.69, 9.17) is 4.74 Å². The van der Waals surface area contributed by atoms with E-state index in [9.17, 15) is 4.79 Å². The highest BCUT2D eigenvalue weighted by atomic mass is 127. The molecule has 1 aliphatic rings. The first-order valence-electron chi connectivity index (χ1n) is 10.4. The van der Waals surface area contributed by atoms with E-state index < -0.39 is 0 Å². The molecule has 1 amide bonds. The summed E-state index contributed by atoms with van der Waals surface area (Å²) >= 11 is 0. The highest BCUT2D eigenvalue weighted by molar-refractivity contribution is 14.0. The van der Waals surface area contributed by atoms with Gasteiger partial charge in [0.2, 0.25) is 0 Å². The first kappa shape index (κ1) is 24.8. The maximum absolute atomic E-state index is 12.0. The number of methoxy groups -OCH3 is 1. The van der Waals surface area contributed by atoms with E-state index in [1.165, 1.54) is 0 Å². The van der Waals surface area contributed by atoms with Crippen molar-refractivity contribution < 1.29 is 9.53 Å². The first-order chi connectivity index (χ1) is 14.7. The van der Waals surface area contributed by atoms with Gasteiger partial charge in [-0.2, -0.15) is 0 Å². The van der Waals surface area contributed by atoms with Crippen LogP contribution in [-0.2, 0) is 0 Å². The summed E-state index contributed by atoms with van der Waals surface area (Å²) in [7, 11) is 3.48. The number of para-hydroxylation sites is 2. The maximum Gasteiger partial charge on any atom is 0.251 e. The van der Waals surface area contributed by atoms with E-state index in [0.29, 0.717) is 18.2 Å². The third kappa shape index (κ3) is 7.30. The number of nitrogens with zero attached hydrogens (tertiary/aromatic N) is 2. The Kier molecular flexibility index (Phi) is 10.4. The number of amides is 1. The van der Waals surface area contributed by atoms with Crippen LogP contribution in [0.4, 0.5) is 5.69 Å². The van der Waals surface area contributed by atoms with Crippen LogP contribution in [0.15, 0.2) is 59.6 Å². The third-order valence-corrected chi connectivity index (χ3v) is 5.15. The SMILES string of the molecule is CN=C(NCCCNC(=O)c1ccccc1)NC1CCN(c2ccccc2OC)C1.I. The van der Waals surface area contributed by atoms with Crippen molar-refractivity contribution in [3.63, 3.8) is 0 Å². The van der Waals surface area contributed by atoms with E-state index in [1.807, 2.05) is 48.5 Å². The van der Waals surface area contributed by atoms with Gasteiger partial charge in [0.1, 0.15) is 5.75 Å². The Morgan fingerprint density at radius 3 is 2.55 bits per heavy atom. The molecule has 2 aromatic rings. The van der Waals surface area contributed by atoms with Gasteiger partial charge in [0.05, 0.1) is 12.8 Å². The van der Waals surface area contributed by atoms with E-state index in [2.05, 4.69) is 31.9 Å². The fourth-order valence-electron chi connectivity index (χ4n) is 3.56. The molecule has 1 heterocycles. The molecule has 2 aromatic carbocycles. The molecule has 1 aliphatic heterocycles. The molecule has 168 valence electrons. The number of benzene rings is 2. The Labute approximate surface area is 201 Å². The standard InChI is InChI=1S/C23H31N5O2.HI/c1-24-23(26-15-8-14-25-22(29)18-9-4-3-5-10-18)27-19-13-16-28(17-19)20-11-6-7-12-21(20)30-2;/h3-7,9-12,19H,8,13-17H2,1-2H3,(H,25,29)(H2,24,26,27);1H. The van der Waals surface area contributed by atoms with Gasteiger partial charge in [-0.15, -0.1) is 24.0 Å². The van der Waals surface area contributed by atoms with Gasteiger partial charge in [-0.25, -0.2) is 0 Å². The lowest BCUT2D eigenvalue weighted by Crippen LogP contribution is -2.45. The number of guanidine groups is 1. The third-order valence-electron chi connectivity index (χ3n) is 5.15. The topological polar surface area (TPSA) is 78.0 Å². The van der Waals surface area contributed by atoms with Crippen LogP contribution in [0.2, 0.25) is 0 Å². The minimum atomic E-state index is -0.0412. The molecule has 0 radical (unpaired) electrons. The predicted molar refractivity (Wildman–Crippen MR) is 137 cm³/mol. The number of rotatable bonds is 8. The molecule has 1 unspecified atom stereocenters. The Balaban J connectivity index is 0.00000341. The summed E-state index contributed by atoms with van der Waals surface area (Å²) in [4.78, 5) is 18.7. The van der Waals surface area contributed by atoms with Gasteiger partial charge in [0.15, 0.2) is 5.96 Å². The Morgan fingerprint density at radius 2 is 1.81 bits per heavy atom. The quantitative estimate of drug-likeness (QED) is 0.209. The molecule has 1 saturated heterocycles. The average Bonchev–Trinajstić information content (AvgIpc) is 3.26. The molecule has 3 rings (SSSR count). The van der Waals surface area contributed by atoms with Gasteiger partial charge in [0.25, 0.3) is 5.91 Å². The van der Waals surface area contributed by atoms with Crippen molar-refractivity contribution in [3.8, 4) is 5.75 Å². The molecule has 1 atom stereocenters. The summed E-state index contributed by atoms with van der Waals surface area (Å²) in [5.41, 5.74) is 1.81. The molecule has 0 aliphatic carbocycles. The van der Waals surface area contributed by atoms with Gasteiger partial charge < -0.3 is 25.6 Å². The second kappa shape index (κ2) is 13.0. The highest BCUT2D eigenvalue weighted by Crippen LogP contribution is 2.30. The summed E-state index contributed by atoms with van der Waals surface area (Å²) < 4.78 is 5.49.